The Hall–Kier alpha value is -1.56. The number of likely N-dealkylation sites (N-methyl/N-ethyl adjacent to an activating group) is 1. The lowest BCUT2D eigenvalue weighted by Crippen LogP contribution is -2.77. The number of phenolic OH excluding ortho intramolecular Hbond substituents is 1. The van der Waals surface area contributed by atoms with Crippen molar-refractivity contribution in [2.75, 3.05) is 27.7 Å². The highest BCUT2D eigenvalue weighted by Gasteiger charge is 2.77. The summed E-state index contributed by atoms with van der Waals surface area (Å²) in [6.07, 6.45) is 12.4. The maximum Gasteiger partial charge on any atom is 0.165 e. The number of quaternary nitrogens is 1. The normalized spacial score (nSPS) is 42.7. The zero-order valence-electron chi connectivity index (χ0n) is 21.6. The second-order valence-electron chi connectivity index (χ2n) is 12.8. The Morgan fingerprint density at radius 1 is 1.24 bits per heavy atom. The fourth-order valence-electron chi connectivity index (χ4n) is 9.31. The van der Waals surface area contributed by atoms with E-state index in [1.807, 2.05) is 20.1 Å². The van der Waals surface area contributed by atoms with Crippen LogP contribution >= 0.6 is 0 Å². The van der Waals surface area contributed by atoms with E-state index in [-0.39, 0.29) is 28.6 Å². The first-order valence-corrected chi connectivity index (χ1v) is 13.4. The molecule has 1 aromatic rings. The molecule has 4 aliphatic carbocycles. The fraction of sp³-hybridized carbons (Fsp3) is 0.724. The van der Waals surface area contributed by atoms with E-state index in [4.69, 9.17) is 9.47 Å². The van der Waals surface area contributed by atoms with Crippen LogP contribution in [0.4, 0.5) is 0 Å². The van der Waals surface area contributed by atoms with Crippen LogP contribution in [0, 0.1) is 11.3 Å². The van der Waals surface area contributed by atoms with Gasteiger partial charge < -0.3 is 24.2 Å². The third kappa shape index (κ3) is 2.56. The average molecular weight is 469 g/mol. The number of benzene rings is 1. The number of phenols is 1. The maximum atomic E-state index is 11.6. The summed E-state index contributed by atoms with van der Waals surface area (Å²) in [5, 5.41) is 22.6. The highest BCUT2D eigenvalue weighted by Crippen LogP contribution is 2.72. The van der Waals surface area contributed by atoms with E-state index < -0.39 is 11.2 Å². The van der Waals surface area contributed by atoms with Gasteiger partial charge in [-0.05, 0) is 50.2 Å². The number of rotatable bonds is 4. The molecule has 3 unspecified atom stereocenters. The Kier molecular flexibility index (Phi) is 4.72. The molecule has 2 spiro atoms. The van der Waals surface area contributed by atoms with E-state index >= 15 is 0 Å². The van der Waals surface area contributed by atoms with Gasteiger partial charge in [0.1, 0.15) is 17.7 Å². The predicted molar refractivity (Wildman–Crippen MR) is 132 cm³/mol. The Balaban J connectivity index is 1.61. The topological polar surface area (TPSA) is 58.9 Å². The van der Waals surface area contributed by atoms with Crippen LogP contribution in [-0.2, 0) is 16.6 Å². The molecule has 1 saturated carbocycles. The van der Waals surface area contributed by atoms with Gasteiger partial charge in [-0.25, -0.2) is 0 Å². The molecule has 2 aliphatic heterocycles. The molecule has 34 heavy (non-hydrogen) atoms. The van der Waals surface area contributed by atoms with Crippen molar-refractivity contribution in [2.45, 2.75) is 94.0 Å². The van der Waals surface area contributed by atoms with Crippen LogP contribution in [0.2, 0.25) is 0 Å². The Bertz CT molecular complexity index is 1050. The van der Waals surface area contributed by atoms with Crippen molar-refractivity contribution in [1.82, 2.24) is 0 Å². The minimum absolute atomic E-state index is 0.0427. The van der Waals surface area contributed by atoms with E-state index in [0.717, 1.165) is 62.4 Å². The highest BCUT2D eigenvalue weighted by atomic mass is 16.6. The predicted octanol–water partition coefficient (Wildman–Crippen LogP) is 4.48. The van der Waals surface area contributed by atoms with Crippen LogP contribution in [0.1, 0.15) is 69.9 Å². The lowest BCUT2D eigenvalue weighted by Gasteiger charge is -2.66. The van der Waals surface area contributed by atoms with E-state index in [2.05, 4.69) is 39.2 Å². The summed E-state index contributed by atoms with van der Waals surface area (Å²) >= 11 is 0. The molecular weight excluding hydrogens is 426 g/mol. The molecule has 6 aliphatic rings. The number of piperidine rings is 1. The number of aliphatic hydroxyl groups is 1. The molecule has 7 atom stereocenters. The molecular formula is C29H42NO4+. The van der Waals surface area contributed by atoms with Gasteiger partial charge in [0.2, 0.25) is 0 Å². The minimum atomic E-state index is -0.736. The van der Waals surface area contributed by atoms with Crippen molar-refractivity contribution in [3.63, 3.8) is 0 Å². The van der Waals surface area contributed by atoms with Crippen LogP contribution in [0.5, 0.6) is 11.5 Å². The molecule has 5 heteroatoms. The van der Waals surface area contributed by atoms with Gasteiger partial charge in [0.25, 0.3) is 0 Å². The molecule has 0 radical (unpaired) electrons. The molecule has 1 saturated heterocycles. The van der Waals surface area contributed by atoms with Crippen molar-refractivity contribution in [2.24, 2.45) is 11.3 Å². The van der Waals surface area contributed by atoms with Crippen LogP contribution in [0.3, 0.4) is 0 Å². The van der Waals surface area contributed by atoms with E-state index in [1.54, 1.807) is 0 Å². The molecule has 7 rings (SSSR count). The first-order chi connectivity index (χ1) is 16.1. The summed E-state index contributed by atoms with van der Waals surface area (Å²) in [5.74, 6) is 1.08. The van der Waals surface area contributed by atoms with Crippen LogP contribution in [0.15, 0.2) is 24.3 Å². The molecule has 0 aromatic heterocycles. The van der Waals surface area contributed by atoms with Crippen LogP contribution in [0.25, 0.3) is 0 Å². The molecule has 1 aromatic carbocycles. The second-order valence-corrected chi connectivity index (χ2v) is 12.8. The first-order valence-electron chi connectivity index (χ1n) is 13.4. The SMILES string of the molecule is CCC[C@](C)(O)C1CCCC23C=CC(OC)(C1)[C@@H]1Oc4c(O)ccc5c4[C@@]12CC[N+](C)(C)[C@@H]3C5. The zero-order valence-corrected chi connectivity index (χ0v) is 21.6. The van der Waals surface area contributed by atoms with Crippen molar-refractivity contribution in [3.05, 3.63) is 35.4 Å². The van der Waals surface area contributed by atoms with Crippen LogP contribution < -0.4 is 4.74 Å². The molecule has 186 valence electrons. The zero-order chi connectivity index (χ0) is 24.1. The minimum Gasteiger partial charge on any atom is -0.504 e. The van der Waals surface area contributed by atoms with Crippen molar-refractivity contribution in [1.29, 1.82) is 0 Å². The molecule has 4 bridgehead atoms. The fourth-order valence-corrected chi connectivity index (χ4v) is 9.31. The summed E-state index contributed by atoms with van der Waals surface area (Å²) in [7, 11) is 6.61. The van der Waals surface area contributed by atoms with Gasteiger partial charge in [-0.2, -0.15) is 0 Å². The Labute approximate surface area is 204 Å². The van der Waals surface area contributed by atoms with Gasteiger partial charge in [-0.3, -0.25) is 0 Å². The Morgan fingerprint density at radius 3 is 2.76 bits per heavy atom. The standard InChI is InChI=1S/C29H41NO4/c1-6-11-26(2,32)20-8-7-12-27-13-14-28(18-20,33-5)25-29(27)15-16-30(3,4)22(27)17-19-9-10-21(31)24(34-25)23(19)29/h9-10,13-14,20,22,25,32H,6-8,11-12,15-18H2,1-5H3/p+1/t20?,22-,25+,26+,27?,28?,29+/m1/s1. The smallest absolute Gasteiger partial charge is 0.165 e. The van der Waals surface area contributed by atoms with E-state index in [9.17, 15) is 10.2 Å². The van der Waals surface area contributed by atoms with Gasteiger partial charge in [-0.15, -0.1) is 0 Å². The van der Waals surface area contributed by atoms with E-state index in [0.29, 0.717) is 11.8 Å². The van der Waals surface area contributed by atoms with Crippen molar-refractivity contribution >= 4 is 0 Å². The van der Waals surface area contributed by atoms with Gasteiger partial charge in [0.15, 0.2) is 11.5 Å². The number of fused-ring (bicyclic) bond motifs is 4. The number of methoxy groups -OCH3 is 1. The summed E-state index contributed by atoms with van der Waals surface area (Å²) in [4.78, 5) is 0. The lowest BCUT2D eigenvalue weighted by molar-refractivity contribution is -0.931. The number of hydrogen-bond acceptors (Lipinski definition) is 4. The second kappa shape index (κ2) is 7.02. The van der Waals surface area contributed by atoms with Gasteiger partial charge >= 0.3 is 0 Å². The third-order valence-corrected chi connectivity index (χ3v) is 10.9. The number of likely N-dealkylation sites (tertiary alicyclic amines) is 1. The van der Waals surface area contributed by atoms with Gasteiger partial charge in [0, 0.05) is 25.5 Å². The van der Waals surface area contributed by atoms with Crippen molar-refractivity contribution < 1.29 is 24.2 Å². The molecule has 2 N–H and O–H groups in total. The number of ether oxygens (including phenoxy) is 2. The van der Waals surface area contributed by atoms with Crippen LogP contribution in [-0.4, -0.2) is 65.8 Å². The maximum absolute atomic E-state index is 11.6. The number of aromatic hydroxyl groups is 1. The quantitative estimate of drug-likeness (QED) is 0.505. The summed E-state index contributed by atoms with van der Waals surface area (Å²) in [6, 6.07) is 4.42. The highest BCUT2D eigenvalue weighted by molar-refractivity contribution is 5.63. The van der Waals surface area contributed by atoms with Gasteiger partial charge in [0.05, 0.1) is 37.1 Å². The lowest BCUT2D eigenvalue weighted by atomic mass is 9.42. The Morgan fingerprint density at radius 2 is 2.03 bits per heavy atom. The van der Waals surface area contributed by atoms with Crippen molar-refractivity contribution in [3.8, 4) is 11.5 Å². The molecule has 0 amide bonds. The summed E-state index contributed by atoms with van der Waals surface area (Å²) in [5.41, 5.74) is 0.992. The number of hydrogen-bond donors (Lipinski definition) is 2. The summed E-state index contributed by atoms with van der Waals surface area (Å²) < 4.78 is 14.4. The summed E-state index contributed by atoms with van der Waals surface area (Å²) in [6.45, 7) is 5.26. The number of nitrogens with zero attached hydrogens (tertiary/aromatic N) is 1. The van der Waals surface area contributed by atoms with E-state index in [1.165, 1.54) is 11.1 Å². The molecule has 2 fully saturated rings. The molecule has 5 nitrogen and oxygen atoms in total. The average Bonchev–Trinajstić information content (AvgIpc) is 3.20. The molecule has 2 heterocycles. The van der Waals surface area contributed by atoms with Gasteiger partial charge in [-0.1, -0.05) is 38.0 Å². The first kappa shape index (κ1) is 22.9. The largest absolute Gasteiger partial charge is 0.504 e. The monoisotopic (exact) mass is 468 g/mol. The third-order valence-electron chi connectivity index (χ3n) is 10.9.